The van der Waals surface area contributed by atoms with E-state index < -0.39 is 0 Å². The molecule has 2 aliphatic rings. The van der Waals surface area contributed by atoms with Gasteiger partial charge in [0.05, 0.1) is 6.54 Å². The summed E-state index contributed by atoms with van der Waals surface area (Å²) in [5.41, 5.74) is 2.11. The van der Waals surface area contributed by atoms with Crippen LogP contribution in [0.4, 0.5) is 10.5 Å². The second-order valence-corrected chi connectivity index (χ2v) is 8.68. The highest BCUT2D eigenvalue weighted by Crippen LogP contribution is 2.26. The lowest BCUT2D eigenvalue weighted by Crippen LogP contribution is -2.42. The van der Waals surface area contributed by atoms with Gasteiger partial charge in [0.1, 0.15) is 23.4 Å². The minimum Gasteiger partial charge on any atom is -0.487 e. The molecule has 2 aromatic rings. The summed E-state index contributed by atoms with van der Waals surface area (Å²) in [5.74, 6) is 0.961. The molecule has 8 heteroatoms. The molecule has 2 saturated heterocycles. The molecule has 1 aromatic carbocycles. The van der Waals surface area contributed by atoms with E-state index in [1.807, 2.05) is 12.1 Å². The van der Waals surface area contributed by atoms with Crippen molar-refractivity contribution in [1.29, 1.82) is 0 Å². The Hall–Kier alpha value is -2.80. The van der Waals surface area contributed by atoms with E-state index in [9.17, 15) is 9.59 Å². The standard InChI is InChI=1S/C23H27ClN4O3/c1-16(2)17-3-5-18(6-4-17)28-12-11-27(23(28)30)15-22(29)26-10-8-19(14-26)31-21-7-9-25-13-20(21)24/h3-7,9,13,16,19H,8,10-12,14-15H2,1-2H3. The van der Waals surface area contributed by atoms with Crippen LogP contribution >= 0.6 is 11.6 Å². The number of pyridine rings is 1. The SMILES string of the molecule is CC(C)c1ccc(N2CCN(CC(=O)N3CCC(Oc4ccncc4Cl)C3)C2=O)cc1. The van der Waals surface area contributed by atoms with Crippen LogP contribution in [0, 0.1) is 0 Å². The third-order valence-electron chi connectivity index (χ3n) is 5.82. The largest absolute Gasteiger partial charge is 0.487 e. The van der Waals surface area contributed by atoms with E-state index in [0.29, 0.717) is 42.9 Å². The van der Waals surface area contributed by atoms with Gasteiger partial charge in [-0.2, -0.15) is 0 Å². The number of ether oxygens (including phenoxy) is 1. The van der Waals surface area contributed by atoms with Crippen LogP contribution in [0.3, 0.4) is 0 Å². The van der Waals surface area contributed by atoms with Crippen molar-refractivity contribution in [3.63, 3.8) is 0 Å². The van der Waals surface area contributed by atoms with Gasteiger partial charge in [-0.3, -0.25) is 14.7 Å². The molecular weight excluding hydrogens is 416 g/mol. The van der Waals surface area contributed by atoms with Crippen molar-refractivity contribution in [2.45, 2.75) is 32.3 Å². The molecule has 3 heterocycles. The van der Waals surface area contributed by atoms with Gasteiger partial charge in [0.15, 0.2) is 0 Å². The Balaban J connectivity index is 1.31. The van der Waals surface area contributed by atoms with Gasteiger partial charge in [0.2, 0.25) is 5.91 Å². The number of hydrogen-bond acceptors (Lipinski definition) is 4. The molecule has 1 atom stereocenters. The van der Waals surface area contributed by atoms with E-state index in [1.165, 1.54) is 11.8 Å². The minimum absolute atomic E-state index is 0.0581. The molecule has 1 unspecified atom stereocenters. The van der Waals surface area contributed by atoms with Crippen LogP contribution in [0.15, 0.2) is 42.7 Å². The van der Waals surface area contributed by atoms with Gasteiger partial charge in [-0.25, -0.2) is 4.79 Å². The average Bonchev–Trinajstić information content (AvgIpc) is 3.37. The first-order chi connectivity index (χ1) is 14.9. The molecule has 7 nitrogen and oxygen atoms in total. The number of likely N-dealkylation sites (tertiary alicyclic amines) is 1. The van der Waals surface area contributed by atoms with Gasteiger partial charge >= 0.3 is 6.03 Å². The monoisotopic (exact) mass is 442 g/mol. The second kappa shape index (κ2) is 9.14. The van der Waals surface area contributed by atoms with E-state index in [4.69, 9.17) is 16.3 Å². The first-order valence-electron chi connectivity index (χ1n) is 10.6. The molecule has 31 heavy (non-hydrogen) atoms. The zero-order chi connectivity index (χ0) is 22.0. The fraction of sp³-hybridized carbons (Fsp3) is 0.435. The van der Waals surface area contributed by atoms with Crippen molar-refractivity contribution in [1.82, 2.24) is 14.8 Å². The number of carbonyl (C=O) groups excluding carboxylic acids is 2. The quantitative estimate of drug-likeness (QED) is 0.682. The van der Waals surface area contributed by atoms with Crippen molar-refractivity contribution in [2.75, 3.05) is 37.6 Å². The third kappa shape index (κ3) is 4.77. The normalized spacial score (nSPS) is 18.9. The molecule has 0 aliphatic carbocycles. The summed E-state index contributed by atoms with van der Waals surface area (Å²) < 4.78 is 5.92. The molecule has 1 aromatic heterocycles. The topological polar surface area (TPSA) is 66.0 Å². The van der Waals surface area contributed by atoms with E-state index in [0.717, 1.165) is 12.1 Å². The first-order valence-corrected chi connectivity index (χ1v) is 11.0. The van der Waals surface area contributed by atoms with Crippen LogP contribution in [0.1, 0.15) is 31.7 Å². The predicted octanol–water partition coefficient (Wildman–Crippen LogP) is 3.78. The summed E-state index contributed by atoms with van der Waals surface area (Å²) in [6, 6.07) is 9.66. The number of nitrogens with zero attached hydrogens (tertiary/aromatic N) is 4. The molecule has 2 fully saturated rings. The maximum Gasteiger partial charge on any atom is 0.325 e. The van der Waals surface area contributed by atoms with Crippen molar-refractivity contribution < 1.29 is 14.3 Å². The Labute approximate surface area is 187 Å². The van der Waals surface area contributed by atoms with Crippen molar-refractivity contribution in [3.05, 3.63) is 53.3 Å². The zero-order valence-corrected chi connectivity index (χ0v) is 18.6. The lowest BCUT2D eigenvalue weighted by Gasteiger charge is -2.22. The van der Waals surface area contributed by atoms with Crippen LogP contribution in [-0.4, -0.2) is 65.5 Å². The number of rotatable bonds is 6. The van der Waals surface area contributed by atoms with Crippen molar-refractivity contribution in [3.8, 4) is 5.75 Å². The molecule has 0 radical (unpaired) electrons. The van der Waals surface area contributed by atoms with Gasteiger partial charge in [-0.05, 0) is 23.6 Å². The van der Waals surface area contributed by atoms with E-state index >= 15 is 0 Å². The Morgan fingerprint density at radius 2 is 1.97 bits per heavy atom. The van der Waals surface area contributed by atoms with Gasteiger partial charge in [0, 0.05) is 50.2 Å². The number of aromatic nitrogens is 1. The van der Waals surface area contributed by atoms with E-state index in [-0.39, 0.29) is 24.6 Å². The van der Waals surface area contributed by atoms with Crippen molar-refractivity contribution in [2.24, 2.45) is 0 Å². The Bertz CT molecular complexity index is 950. The van der Waals surface area contributed by atoms with E-state index in [2.05, 4.69) is 31.0 Å². The Kier molecular flexibility index (Phi) is 6.32. The van der Waals surface area contributed by atoms with E-state index in [1.54, 1.807) is 27.0 Å². The average molecular weight is 443 g/mol. The number of halogens is 1. The number of anilines is 1. The Morgan fingerprint density at radius 3 is 2.68 bits per heavy atom. The number of hydrogen-bond donors (Lipinski definition) is 0. The summed E-state index contributed by atoms with van der Waals surface area (Å²) in [6.07, 6.45) is 3.78. The minimum atomic E-state index is -0.124. The smallest absolute Gasteiger partial charge is 0.325 e. The molecule has 4 rings (SSSR count). The summed E-state index contributed by atoms with van der Waals surface area (Å²) in [4.78, 5) is 34.7. The number of benzene rings is 1. The number of amides is 3. The summed E-state index contributed by atoms with van der Waals surface area (Å²) >= 11 is 6.10. The van der Waals surface area contributed by atoms with Crippen LogP contribution in [0.25, 0.3) is 0 Å². The summed E-state index contributed by atoms with van der Waals surface area (Å²) in [7, 11) is 0. The van der Waals surface area contributed by atoms with Gasteiger partial charge in [-0.1, -0.05) is 37.6 Å². The van der Waals surface area contributed by atoms with Gasteiger partial charge < -0.3 is 14.5 Å². The van der Waals surface area contributed by atoms with Crippen molar-refractivity contribution >= 4 is 29.2 Å². The van der Waals surface area contributed by atoms with Crippen LogP contribution in [0.2, 0.25) is 5.02 Å². The van der Waals surface area contributed by atoms with Crippen LogP contribution < -0.4 is 9.64 Å². The maximum atomic E-state index is 12.9. The number of urea groups is 1. The molecular formula is C23H27ClN4O3. The number of carbonyl (C=O) groups is 2. The molecule has 0 saturated carbocycles. The first kappa shape index (κ1) is 21.4. The highest BCUT2D eigenvalue weighted by atomic mass is 35.5. The lowest BCUT2D eigenvalue weighted by molar-refractivity contribution is -0.130. The molecule has 164 valence electrons. The summed E-state index contributed by atoms with van der Waals surface area (Å²) in [5, 5.41) is 0.455. The van der Waals surface area contributed by atoms with Gasteiger partial charge in [0.25, 0.3) is 0 Å². The highest BCUT2D eigenvalue weighted by Gasteiger charge is 2.34. The summed E-state index contributed by atoms with van der Waals surface area (Å²) in [6.45, 7) is 6.58. The molecule has 3 amide bonds. The second-order valence-electron chi connectivity index (χ2n) is 8.28. The van der Waals surface area contributed by atoms with Crippen LogP contribution in [-0.2, 0) is 4.79 Å². The molecule has 0 bridgehead atoms. The maximum absolute atomic E-state index is 12.9. The molecule has 0 spiro atoms. The molecule has 2 aliphatic heterocycles. The fourth-order valence-electron chi connectivity index (χ4n) is 3.96. The highest BCUT2D eigenvalue weighted by molar-refractivity contribution is 6.31. The fourth-order valence-corrected chi connectivity index (χ4v) is 4.12. The molecule has 0 N–H and O–H groups in total. The lowest BCUT2D eigenvalue weighted by atomic mass is 10.0. The third-order valence-corrected chi connectivity index (χ3v) is 6.10. The van der Waals surface area contributed by atoms with Gasteiger partial charge in [-0.15, -0.1) is 0 Å². The predicted molar refractivity (Wildman–Crippen MR) is 120 cm³/mol. The Morgan fingerprint density at radius 1 is 1.19 bits per heavy atom. The van der Waals surface area contributed by atoms with Crippen LogP contribution in [0.5, 0.6) is 5.75 Å². The zero-order valence-electron chi connectivity index (χ0n) is 17.8.